The van der Waals surface area contributed by atoms with Crippen molar-refractivity contribution in [1.29, 1.82) is 0 Å². The van der Waals surface area contributed by atoms with Gasteiger partial charge in [-0.05, 0) is 61.2 Å². The fraction of sp³-hybridized carbons (Fsp3) is 0.292. The highest BCUT2D eigenvalue weighted by atomic mass is 16.5. The molecule has 8 heteroatoms. The Morgan fingerprint density at radius 2 is 1.97 bits per heavy atom. The summed E-state index contributed by atoms with van der Waals surface area (Å²) >= 11 is 0. The maximum atomic E-state index is 13.4. The van der Waals surface area contributed by atoms with E-state index < -0.39 is 0 Å². The van der Waals surface area contributed by atoms with Gasteiger partial charge < -0.3 is 15.8 Å². The van der Waals surface area contributed by atoms with Crippen molar-refractivity contribution in [3.05, 3.63) is 77.0 Å². The van der Waals surface area contributed by atoms with Gasteiger partial charge in [0, 0.05) is 18.3 Å². The molecule has 1 fully saturated rings. The van der Waals surface area contributed by atoms with E-state index in [0.717, 1.165) is 41.9 Å². The average Bonchev–Trinajstić information content (AvgIpc) is 3.35. The molecule has 0 amide bonds. The number of nitrogens with one attached hydrogen (secondary N) is 1. The minimum atomic E-state index is -0.154. The van der Waals surface area contributed by atoms with Gasteiger partial charge in [0.1, 0.15) is 11.6 Å². The Balaban J connectivity index is 1.47. The predicted molar refractivity (Wildman–Crippen MR) is 124 cm³/mol. The van der Waals surface area contributed by atoms with E-state index in [1.807, 2.05) is 48.5 Å². The van der Waals surface area contributed by atoms with Crippen LogP contribution in [0.5, 0.6) is 5.75 Å². The van der Waals surface area contributed by atoms with Crippen LogP contribution in [0.15, 0.2) is 65.7 Å². The summed E-state index contributed by atoms with van der Waals surface area (Å²) in [5, 5.41) is 3.44. The van der Waals surface area contributed by atoms with Crippen molar-refractivity contribution in [3.8, 4) is 11.4 Å². The highest BCUT2D eigenvalue weighted by molar-refractivity contribution is 5.74. The van der Waals surface area contributed by atoms with Gasteiger partial charge in [-0.3, -0.25) is 9.13 Å². The molecular formula is C24H26N6O2. The van der Waals surface area contributed by atoms with Crippen LogP contribution < -0.4 is 21.5 Å². The molecule has 0 radical (unpaired) electrons. The average molecular weight is 431 g/mol. The number of fused-ring (bicyclic) bond motifs is 1. The van der Waals surface area contributed by atoms with Crippen LogP contribution in [0.3, 0.4) is 0 Å². The molecule has 0 aliphatic heterocycles. The Bertz CT molecular complexity index is 1280. The zero-order valence-corrected chi connectivity index (χ0v) is 17.9. The predicted octanol–water partition coefficient (Wildman–Crippen LogP) is 2.93. The summed E-state index contributed by atoms with van der Waals surface area (Å²) in [7, 11) is 1.63. The Labute approximate surface area is 185 Å². The topological polar surface area (TPSA) is 100.0 Å². The molecule has 1 aromatic carbocycles. The van der Waals surface area contributed by atoms with E-state index in [4.69, 9.17) is 10.5 Å². The second-order valence-electron chi connectivity index (χ2n) is 8.21. The number of nitrogens with zero attached hydrogens (tertiary/aromatic N) is 4. The summed E-state index contributed by atoms with van der Waals surface area (Å²) in [6, 6.07) is 15.9. The van der Waals surface area contributed by atoms with Gasteiger partial charge in [0.2, 0.25) is 0 Å². The second kappa shape index (κ2) is 8.47. The van der Waals surface area contributed by atoms with Crippen LogP contribution in [0.1, 0.15) is 24.8 Å². The van der Waals surface area contributed by atoms with E-state index >= 15 is 0 Å². The largest absolute Gasteiger partial charge is 0.497 e. The van der Waals surface area contributed by atoms with E-state index in [-0.39, 0.29) is 11.7 Å². The van der Waals surface area contributed by atoms with Crippen molar-refractivity contribution in [2.75, 3.05) is 12.4 Å². The Hall–Kier alpha value is -3.65. The lowest BCUT2D eigenvalue weighted by molar-refractivity contribution is 0.414. The van der Waals surface area contributed by atoms with Crippen molar-refractivity contribution in [1.82, 2.24) is 19.1 Å². The summed E-state index contributed by atoms with van der Waals surface area (Å²) in [6.07, 6.45) is 6.46. The minimum absolute atomic E-state index is 0.154. The van der Waals surface area contributed by atoms with E-state index in [9.17, 15) is 4.79 Å². The number of hydrogen-bond donors (Lipinski definition) is 2. The maximum Gasteiger partial charge on any atom is 0.335 e. The molecule has 32 heavy (non-hydrogen) atoms. The van der Waals surface area contributed by atoms with Gasteiger partial charge in [-0.1, -0.05) is 12.1 Å². The molecular weight excluding hydrogens is 404 g/mol. The summed E-state index contributed by atoms with van der Waals surface area (Å²) in [6.45, 7) is 0.415. The van der Waals surface area contributed by atoms with Crippen LogP contribution >= 0.6 is 0 Å². The summed E-state index contributed by atoms with van der Waals surface area (Å²) in [5.41, 5.74) is 8.93. The number of methoxy groups -OCH3 is 1. The number of ether oxygens (including phenoxy) is 1. The standard InChI is InChI=1S/C24H26N6O2/c1-32-20-9-4-16(5-10-20)15-29-23-21(3-2-12-26-23)30(24(29)31)19-8-11-22(27-14-19)28-18-7-6-17(25)13-18/h2-5,8-12,14,17-18H,6-7,13,15,25H2,1H3,(H,27,28)/t17-,18-/m0/s1. The smallest absolute Gasteiger partial charge is 0.335 e. The lowest BCUT2D eigenvalue weighted by Crippen LogP contribution is -2.24. The fourth-order valence-corrected chi connectivity index (χ4v) is 4.35. The van der Waals surface area contributed by atoms with Gasteiger partial charge in [0.25, 0.3) is 0 Å². The lowest BCUT2D eigenvalue weighted by atomic mass is 10.2. The van der Waals surface area contributed by atoms with Crippen molar-refractivity contribution >= 4 is 17.0 Å². The molecule has 1 aliphatic carbocycles. The van der Waals surface area contributed by atoms with E-state index in [1.54, 1.807) is 28.6 Å². The van der Waals surface area contributed by atoms with Crippen molar-refractivity contribution in [2.24, 2.45) is 5.73 Å². The quantitative estimate of drug-likeness (QED) is 0.488. The number of rotatable bonds is 6. The molecule has 1 aliphatic rings. The van der Waals surface area contributed by atoms with Crippen molar-refractivity contribution in [3.63, 3.8) is 0 Å². The van der Waals surface area contributed by atoms with Crippen LogP contribution in [0.4, 0.5) is 5.82 Å². The highest BCUT2D eigenvalue weighted by Crippen LogP contribution is 2.22. The van der Waals surface area contributed by atoms with Crippen molar-refractivity contribution in [2.45, 2.75) is 37.9 Å². The first kappa shape index (κ1) is 20.3. The Kier molecular flexibility index (Phi) is 5.36. The molecule has 0 unspecified atom stereocenters. The van der Waals surface area contributed by atoms with Crippen molar-refractivity contribution < 1.29 is 4.74 Å². The molecule has 8 nitrogen and oxygen atoms in total. The lowest BCUT2D eigenvalue weighted by Gasteiger charge is -2.13. The fourth-order valence-electron chi connectivity index (χ4n) is 4.35. The van der Waals surface area contributed by atoms with Gasteiger partial charge in [0.15, 0.2) is 5.65 Å². The molecule has 1 saturated carbocycles. The molecule has 4 aromatic rings. The number of anilines is 1. The van der Waals surface area contributed by atoms with Crippen LogP contribution in [-0.4, -0.2) is 38.3 Å². The number of benzene rings is 1. The minimum Gasteiger partial charge on any atom is -0.497 e. The third-order valence-corrected chi connectivity index (χ3v) is 6.02. The first-order chi connectivity index (χ1) is 15.6. The van der Waals surface area contributed by atoms with Crippen LogP contribution in [0.25, 0.3) is 16.9 Å². The number of pyridine rings is 2. The molecule has 5 rings (SSSR count). The normalized spacial score (nSPS) is 18.2. The zero-order chi connectivity index (χ0) is 22.1. The Morgan fingerprint density at radius 1 is 1.12 bits per heavy atom. The molecule has 164 valence electrons. The van der Waals surface area contributed by atoms with Crippen LogP contribution in [-0.2, 0) is 6.54 Å². The number of aromatic nitrogens is 4. The molecule has 3 heterocycles. The number of imidazole rings is 1. The summed E-state index contributed by atoms with van der Waals surface area (Å²) < 4.78 is 8.57. The summed E-state index contributed by atoms with van der Waals surface area (Å²) in [5.74, 6) is 1.57. The molecule has 3 N–H and O–H groups in total. The second-order valence-corrected chi connectivity index (χ2v) is 8.21. The number of nitrogens with two attached hydrogens (primary N) is 1. The first-order valence-electron chi connectivity index (χ1n) is 10.8. The number of hydrogen-bond acceptors (Lipinski definition) is 6. The monoisotopic (exact) mass is 430 g/mol. The Morgan fingerprint density at radius 3 is 2.66 bits per heavy atom. The molecule has 3 aromatic heterocycles. The first-order valence-corrected chi connectivity index (χ1v) is 10.8. The van der Waals surface area contributed by atoms with Gasteiger partial charge in [-0.2, -0.15) is 0 Å². The maximum absolute atomic E-state index is 13.4. The van der Waals surface area contributed by atoms with E-state index in [1.165, 1.54) is 0 Å². The zero-order valence-electron chi connectivity index (χ0n) is 17.9. The van der Waals surface area contributed by atoms with Gasteiger partial charge in [0.05, 0.1) is 31.1 Å². The van der Waals surface area contributed by atoms with Gasteiger partial charge in [-0.25, -0.2) is 14.8 Å². The van der Waals surface area contributed by atoms with Crippen LogP contribution in [0.2, 0.25) is 0 Å². The molecule has 0 saturated heterocycles. The third-order valence-electron chi connectivity index (χ3n) is 6.02. The van der Waals surface area contributed by atoms with Gasteiger partial charge >= 0.3 is 5.69 Å². The summed E-state index contributed by atoms with van der Waals surface area (Å²) in [4.78, 5) is 22.5. The SMILES string of the molecule is COc1ccc(Cn2c(=O)n(-c3ccc(N[C@H]4CC[C@H](N)C4)nc3)c3cccnc32)cc1. The van der Waals surface area contributed by atoms with E-state index in [2.05, 4.69) is 15.3 Å². The van der Waals surface area contributed by atoms with E-state index in [0.29, 0.717) is 23.9 Å². The highest BCUT2D eigenvalue weighted by Gasteiger charge is 2.22. The van der Waals surface area contributed by atoms with Crippen LogP contribution in [0, 0.1) is 0 Å². The molecule has 0 bridgehead atoms. The molecule has 0 spiro atoms. The third kappa shape index (κ3) is 3.85. The molecule has 2 atom stereocenters. The van der Waals surface area contributed by atoms with Gasteiger partial charge in [-0.15, -0.1) is 0 Å².